The number of aromatic nitrogens is 1. The monoisotopic (exact) mass is 256 g/mol. The largest absolute Gasteiger partial charge is 0.328 e. The number of carbonyl (C=O) groups is 1. The van der Waals surface area contributed by atoms with Gasteiger partial charge in [0, 0.05) is 11.9 Å². The van der Waals surface area contributed by atoms with Gasteiger partial charge in [-0.15, -0.1) is 0 Å². The molecule has 2 aromatic rings. The van der Waals surface area contributed by atoms with Crippen molar-refractivity contribution in [3.63, 3.8) is 0 Å². The Morgan fingerprint density at radius 3 is 2.68 bits per heavy atom. The number of anilines is 1. The molecule has 0 unspecified atom stereocenters. The molecular weight excluding hydrogens is 240 g/mol. The summed E-state index contributed by atoms with van der Waals surface area (Å²) in [4.78, 5) is 26.0. The van der Waals surface area contributed by atoms with Gasteiger partial charge >= 0.3 is 0 Å². The second-order valence-corrected chi connectivity index (χ2v) is 4.65. The highest BCUT2D eigenvalue weighted by atomic mass is 16.2. The van der Waals surface area contributed by atoms with E-state index in [9.17, 15) is 9.59 Å². The van der Waals surface area contributed by atoms with Crippen molar-refractivity contribution in [3.8, 4) is 0 Å². The Balaban J connectivity index is 2.22. The first-order chi connectivity index (χ1) is 9.08. The first-order valence-electron chi connectivity index (χ1n) is 6.17. The zero-order valence-corrected chi connectivity index (χ0v) is 10.9. The fourth-order valence-electron chi connectivity index (χ4n) is 1.77. The molecule has 0 radical (unpaired) electrons. The first-order valence-corrected chi connectivity index (χ1v) is 6.17. The maximum absolute atomic E-state index is 12.0. The smallest absolute Gasteiger partial charge is 0.261 e. The summed E-state index contributed by atoms with van der Waals surface area (Å²) < 4.78 is 0. The van der Waals surface area contributed by atoms with E-state index in [2.05, 4.69) is 24.1 Å². The highest BCUT2D eigenvalue weighted by Gasteiger charge is 2.10. The molecule has 0 fully saturated rings. The molecule has 4 nitrogen and oxygen atoms in total. The van der Waals surface area contributed by atoms with E-state index in [0.717, 1.165) is 5.56 Å². The number of hydrogen-bond donors (Lipinski definition) is 2. The molecule has 1 aromatic carbocycles. The van der Waals surface area contributed by atoms with Crippen LogP contribution in [0.4, 0.5) is 5.69 Å². The Kier molecular flexibility index (Phi) is 3.80. The molecule has 1 aromatic heterocycles. The van der Waals surface area contributed by atoms with Crippen LogP contribution in [-0.2, 0) is 0 Å². The second kappa shape index (κ2) is 5.52. The Bertz CT molecular complexity index is 644. The molecule has 2 rings (SSSR count). The Morgan fingerprint density at radius 1 is 1.21 bits per heavy atom. The van der Waals surface area contributed by atoms with Crippen LogP contribution in [0.3, 0.4) is 0 Å². The predicted octanol–water partition coefficient (Wildman–Crippen LogP) is 2.75. The zero-order chi connectivity index (χ0) is 13.8. The van der Waals surface area contributed by atoms with E-state index < -0.39 is 5.91 Å². The maximum Gasteiger partial charge on any atom is 0.261 e. The van der Waals surface area contributed by atoms with Gasteiger partial charge in [-0.25, -0.2) is 0 Å². The minimum absolute atomic E-state index is 0.109. The topological polar surface area (TPSA) is 62.0 Å². The van der Waals surface area contributed by atoms with E-state index in [-0.39, 0.29) is 11.1 Å². The molecule has 0 bridgehead atoms. The number of nitrogens with one attached hydrogen (secondary N) is 2. The van der Waals surface area contributed by atoms with Crippen molar-refractivity contribution in [2.24, 2.45) is 0 Å². The number of pyridine rings is 1. The van der Waals surface area contributed by atoms with Crippen LogP contribution < -0.4 is 10.9 Å². The molecule has 0 atom stereocenters. The van der Waals surface area contributed by atoms with Crippen molar-refractivity contribution in [2.45, 2.75) is 19.8 Å². The molecule has 98 valence electrons. The number of amides is 1. The quantitative estimate of drug-likeness (QED) is 0.887. The molecule has 4 heteroatoms. The molecule has 19 heavy (non-hydrogen) atoms. The summed E-state index contributed by atoms with van der Waals surface area (Å²) in [7, 11) is 0. The molecule has 2 N–H and O–H groups in total. The molecule has 1 amide bonds. The van der Waals surface area contributed by atoms with Gasteiger partial charge in [-0.2, -0.15) is 0 Å². The van der Waals surface area contributed by atoms with Crippen molar-refractivity contribution >= 4 is 11.6 Å². The number of carbonyl (C=O) groups excluding carboxylic acids is 1. The van der Waals surface area contributed by atoms with Crippen molar-refractivity contribution in [2.75, 3.05) is 5.32 Å². The standard InChI is InChI=1S/C15H16N2O2/c1-10(2)11-5-3-6-12(9-11)17-15(19)13-7-4-8-16-14(13)18/h3-10H,1-2H3,(H,16,18)(H,17,19). The number of hydrogen-bond acceptors (Lipinski definition) is 2. The summed E-state index contributed by atoms with van der Waals surface area (Å²) in [6.07, 6.45) is 1.50. The summed E-state index contributed by atoms with van der Waals surface area (Å²) in [6, 6.07) is 10.7. The molecular formula is C15H16N2O2. The Morgan fingerprint density at radius 2 is 2.00 bits per heavy atom. The third-order valence-corrected chi connectivity index (χ3v) is 2.87. The summed E-state index contributed by atoms with van der Waals surface area (Å²) in [5.41, 5.74) is 1.55. The van der Waals surface area contributed by atoms with Crippen LogP contribution in [0.5, 0.6) is 0 Å². The lowest BCUT2D eigenvalue weighted by atomic mass is 10.0. The highest BCUT2D eigenvalue weighted by molar-refractivity contribution is 6.03. The van der Waals surface area contributed by atoms with E-state index in [1.54, 1.807) is 12.1 Å². The Labute approximate surface area is 111 Å². The fourth-order valence-corrected chi connectivity index (χ4v) is 1.77. The summed E-state index contributed by atoms with van der Waals surface area (Å²) in [6.45, 7) is 4.17. The minimum Gasteiger partial charge on any atom is -0.328 e. The van der Waals surface area contributed by atoms with Crippen molar-refractivity contribution in [3.05, 3.63) is 64.1 Å². The van der Waals surface area contributed by atoms with E-state index in [1.165, 1.54) is 12.3 Å². The van der Waals surface area contributed by atoms with Crippen LogP contribution in [0.25, 0.3) is 0 Å². The van der Waals surface area contributed by atoms with Crippen LogP contribution in [0, 0.1) is 0 Å². The summed E-state index contributed by atoms with van der Waals surface area (Å²) in [5, 5.41) is 2.74. The van der Waals surface area contributed by atoms with Crippen molar-refractivity contribution in [1.82, 2.24) is 4.98 Å². The molecule has 0 aliphatic heterocycles. The number of aromatic amines is 1. The van der Waals surface area contributed by atoms with Gasteiger partial charge in [0.25, 0.3) is 11.5 Å². The van der Waals surface area contributed by atoms with Crippen molar-refractivity contribution < 1.29 is 4.79 Å². The molecule has 0 spiro atoms. The Hall–Kier alpha value is -2.36. The van der Waals surface area contributed by atoms with Crippen LogP contribution in [-0.4, -0.2) is 10.9 Å². The first kappa shape index (κ1) is 13.1. The number of rotatable bonds is 3. The second-order valence-electron chi connectivity index (χ2n) is 4.65. The van der Waals surface area contributed by atoms with Gasteiger partial charge in [-0.1, -0.05) is 26.0 Å². The third kappa shape index (κ3) is 3.10. The van der Waals surface area contributed by atoms with Gasteiger partial charge in [0.15, 0.2) is 0 Å². The molecule has 1 heterocycles. The number of H-pyrrole nitrogens is 1. The van der Waals surface area contributed by atoms with E-state index in [4.69, 9.17) is 0 Å². The molecule has 0 saturated heterocycles. The van der Waals surface area contributed by atoms with E-state index in [0.29, 0.717) is 11.6 Å². The average Bonchev–Trinajstić information content (AvgIpc) is 2.39. The fraction of sp³-hybridized carbons (Fsp3) is 0.200. The predicted molar refractivity (Wildman–Crippen MR) is 75.5 cm³/mol. The van der Waals surface area contributed by atoms with E-state index >= 15 is 0 Å². The van der Waals surface area contributed by atoms with Crippen LogP contribution in [0.2, 0.25) is 0 Å². The van der Waals surface area contributed by atoms with Crippen LogP contribution >= 0.6 is 0 Å². The molecule has 0 saturated carbocycles. The van der Waals surface area contributed by atoms with Gasteiger partial charge in [0.05, 0.1) is 0 Å². The van der Waals surface area contributed by atoms with Crippen LogP contribution in [0.15, 0.2) is 47.4 Å². The lowest BCUT2D eigenvalue weighted by Crippen LogP contribution is -2.22. The lowest BCUT2D eigenvalue weighted by molar-refractivity contribution is 0.102. The normalized spacial score (nSPS) is 10.5. The molecule has 0 aliphatic rings. The van der Waals surface area contributed by atoms with Gasteiger partial charge in [0.1, 0.15) is 5.56 Å². The maximum atomic E-state index is 12.0. The van der Waals surface area contributed by atoms with Gasteiger partial charge in [-0.3, -0.25) is 9.59 Å². The average molecular weight is 256 g/mol. The van der Waals surface area contributed by atoms with Gasteiger partial charge in [0.2, 0.25) is 0 Å². The van der Waals surface area contributed by atoms with Crippen molar-refractivity contribution in [1.29, 1.82) is 0 Å². The highest BCUT2D eigenvalue weighted by Crippen LogP contribution is 2.18. The SMILES string of the molecule is CC(C)c1cccc(NC(=O)c2ccc[nH]c2=O)c1. The number of benzene rings is 1. The van der Waals surface area contributed by atoms with E-state index in [1.807, 2.05) is 18.2 Å². The summed E-state index contributed by atoms with van der Waals surface area (Å²) >= 11 is 0. The van der Waals surface area contributed by atoms with Crippen LogP contribution in [0.1, 0.15) is 35.7 Å². The zero-order valence-electron chi connectivity index (χ0n) is 10.9. The summed E-state index contributed by atoms with van der Waals surface area (Å²) in [5.74, 6) is -0.0141. The van der Waals surface area contributed by atoms with Gasteiger partial charge < -0.3 is 10.3 Å². The minimum atomic E-state index is -0.400. The van der Waals surface area contributed by atoms with Gasteiger partial charge in [-0.05, 0) is 35.7 Å². The molecule has 0 aliphatic carbocycles. The third-order valence-electron chi connectivity index (χ3n) is 2.87. The lowest BCUT2D eigenvalue weighted by Gasteiger charge is -2.09.